The molecule has 7 aromatic carbocycles. The Balaban J connectivity index is 1.02. The molecule has 4 saturated carbocycles. The third-order valence-electron chi connectivity index (χ3n) is 14.3. The average molecular weight is 771 g/mol. The first-order chi connectivity index (χ1) is 29.6. The van der Waals surface area contributed by atoms with Crippen molar-refractivity contribution < 1.29 is 0 Å². The summed E-state index contributed by atoms with van der Waals surface area (Å²) in [7, 11) is 0. The van der Waals surface area contributed by atoms with Crippen molar-refractivity contribution >= 4 is 5.69 Å². The summed E-state index contributed by atoms with van der Waals surface area (Å²) in [6, 6.07) is 60.3. The summed E-state index contributed by atoms with van der Waals surface area (Å²) in [4.78, 5) is 19.1. The van der Waals surface area contributed by atoms with Gasteiger partial charge in [0.25, 0.3) is 0 Å². The van der Waals surface area contributed by atoms with E-state index in [2.05, 4.69) is 114 Å². The van der Waals surface area contributed by atoms with Crippen molar-refractivity contribution in [3.8, 4) is 78.7 Å². The van der Waals surface area contributed by atoms with Gasteiger partial charge < -0.3 is 0 Å². The Morgan fingerprint density at radius 1 is 0.417 bits per heavy atom. The molecule has 4 heteroatoms. The molecule has 13 rings (SSSR count). The van der Waals surface area contributed by atoms with Crippen molar-refractivity contribution in [1.82, 2.24) is 15.0 Å². The molecule has 0 amide bonds. The fourth-order valence-electron chi connectivity index (χ4n) is 12.1. The third kappa shape index (κ3) is 5.46. The van der Waals surface area contributed by atoms with Gasteiger partial charge in [-0.05, 0) is 117 Å². The summed E-state index contributed by atoms with van der Waals surface area (Å²) in [5, 5.41) is 0. The molecule has 4 nitrogen and oxygen atoms in total. The van der Waals surface area contributed by atoms with E-state index < -0.39 is 0 Å². The quantitative estimate of drug-likeness (QED) is 0.158. The summed E-state index contributed by atoms with van der Waals surface area (Å²) in [6.45, 7) is 8.43. The molecule has 0 aliphatic heterocycles. The van der Waals surface area contributed by atoms with Gasteiger partial charge in [-0.3, -0.25) is 0 Å². The second-order valence-electron chi connectivity index (χ2n) is 17.5. The van der Waals surface area contributed by atoms with Crippen LogP contribution in [0.25, 0.3) is 83.5 Å². The van der Waals surface area contributed by atoms with Crippen LogP contribution in [0.4, 0.5) is 5.69 Å². The molecule has 4 fully saturated rings. The van der Waals surface area contributed by atoms with Crippen LogP contribution in [-0.4, -0.2) is 15.0 Å². The van der Waals surface area contributed by atoms with Gasteiger partial charge in [-0.25, -0.2) is 19.8 Å². The smallest absolute Gasteiger partial charge is 0.188 e. The first kappa shape index (κ1) is 35.0. The Morgan fingerprint density at radius 3 is 1.38 bits per heavy atom. The van der Waals surface area contributed by atoms with Crippen molar-refractivity contribution in [2.45, 2.75) is 37.5 Å². The van der Waals surface area contributed by atoms with Gasteiger partial charge in [0.1, 0.15) is 0 Å². The molecule has 0 N–H and O–H groups in total. The van der Waals surface area contributed by atoms with Crippen LogP contribution in [0.1, 0.15) is 43.2 Å². The van der Waals surface area contributed by atoms with Gasteiger partial charge in [-0.15, -0.1) is 0 Å². The molecular formula is C56H42N4. The van der Waals surface area contributed by atoms with Crippen LogP contribution in [0.3, 0.4) is 0 Å². The van der Waals surface area contributed by atoms with E-state index in [1.807, 2.05) is 60.7 Å². The van der Waals surface area contributed by atoms with Crippen LogP contribution in [0, 0.1) is 30.2 Å². The Labute approximate surface area is 351 Å². The molecule has 1 spiro atoms. The minimum atomic E-state index is -0.116. The van der Waals surface area contributed by atoms with Crippen LogP contribution in [0.15, 0.2) is 170 Å². The molecule has 0 atom stereocenters. The van der Waals surface area contributed by atoms with Crippen molar-refractivity contribution in [2.24, 2.45) is 23.7 Å². The highest BCUT2D eigenvalue weighted by molar-refractivity contribution is 5.98. The lowest BCUT2D eigenvalue weighted by molar-refractivity contribution is -0.0396. The molecule has 8 aromatic rings. The lowest BCUT2D eigenvalue weighted by Gasteiger charge is -2.61. The minimum Gasteiger partial charge on any atom is -0.238 e. The molecular weight excluding hydrogens is 729 g/mol. The number of fused-ring (bicyclic) bond motifs is 3. The summed E-state index contributed by atoms with van der Waals surface area (Å²) < 4.78 is 0. The zero-order valence-corrected chi connectivity index (χ0v) is 33.3. The largest absolute Gasteiger partial charge is 0.238 e. The Morgan fingerprint density at radius 2 is 0.850 bits per heavy atom. The highest BCUT2D eigenvalue weighted by atomic mass is 15.0. The van der Waals surface area contributed by atoms with E-state index in [0.29, 0.717) is 29.3 Å². The molecule has 0 saturated heterocycles. The molecule has 5 aliphatic carbocycles. The maximum absolute atomic E-state index is 8.43. The maximum atomic E-state index is 8.43. The summed E-state index contributed by atoms with van der Waals surface area (Å²) >= 11 is 0. The van der Waals surface area contributed by atoms with Crippen LogP contribution in [-0.2, 0) is 5.41 Å². The first-order valence-corrected chi connectivity index (χ1v) is 21.5. The fraction of sp³-hybridized carbons (Fsp3) is 0.179. The molecule has 4 bridgehead atoms. The van der Waals surface area contributed by atoms with Crippen molar-refractivity contribution in [3.05, 3.63) is 192 Å². The Bertz CT molecular complexity index is 2880. The number of benzene rings is 7. The van der Waals surface area contributed by atoms with E-state index >= 15 is 0 Å². The van der Waals surface area contributed by atoms with Crippen LogP contribution in [0.5, 0.6) is 0 Å². The monoisotopic (exact) mass is 770 g/mol. The zero-order chi connectivity index (χ0) is 39.8. The predicted molar refractivity (Wildman–Crippen MR) is 242 cm³/mol. The molecule has 286 valence electrons. The third-order valence-corrected chi connectivity index (χ3v) is 14.3. The summed E-state index contributed by atoms with van der Waals surface area (Å²) in [5.41, 5.74) is 16.3. The van der Waals surface area contributed by atoms with E-state index in [1.54, 1.807) is 0 Å². The normalized spacial score (nSPS) is 21.7. The van der Waals surface area contributed by atoms with Crippen molar-refractivity contribution in [2.75, 3.05) is 0 Å². The second-order valence-corrected chi connectivity index (χ2v) is 17.5. The zero-order valence-electron chi connectivity index (χ0n) is 33.3. The summed E-state index contributed by atoms with van der Waals surface area (Å²) in [5.74, 6) is 4.70. The predicted octanol–water partition coefficient (Wildman–Crippen LogP) is 14.1. The second kappa shape index (κ2) is 13.8. The maximum Gasteiger partial charge on any atom is 0.188 e. The fourth-order valence-corrected chi connectivity index (χ4v) is 12.1. The SMILES string of the molecule is [C-]#[N+]c1cc(-c2ccc(-c3nc(-c4ccccc4)nc(-c4ccccc4)n3)cc2)c2c(c1)C1(c3c(-c4ccc(-c5ccccc5)cc4)cccc3-2)C2CC3CC(C2)CC1C3. The van der Waals surface area contributed by atoms with E-state index in [9.17, 15) is 0 Å². The average Bonchev–Trinajstić information content (AvgIpc) is 3.62. The van der Waals surface area contributed by atoms with Gasteiger partial charge in [0.15, 0.2) is 23.2 Å². The van der Waals surface area contributed by atoms with Gasteiger partial charge in [0.2, 0.25) is 0 Å². The van der Waals surface area contributed by atoms with Gasteiger partial charge in [-0.1, -0.05) is 164 Å². The minimum absolute atomic E-state index is 0.116. The topological polar surface area (TPSA) is 43.0 Å². The lowest BCUT2D eigenvalue weighted by atomic mass is 9.42. The number of rotatable bonds is 6. The lowest BCUT2D eigenvalue weighted by Crippen LogP contribution is -2.55. The van der Waals surface area contributed by atoms with Crippen molar-refractivity contribution in [3.63, 3.8) is 0 Å². The van der Waals surface area contributed by atoms with E-state index in [4.69, 9.17) is 21.5 Å². The number of hydrogen-bond acceptors (Lipinski definition) is 3. The van der Waals surface area contributed by atoms with E-state index in [0.717, 1.165) is 45.3 Å². The van der Waals surface area contributed by atoms with E-state index in [-0.39, 0.29) is 5.41 Å². The molecule has 0 unspecified atom stereocenters. The number of hydrogen-bond donors (Lipinski definition) is 0. The highest BCUT2D eigenvalue weighted by Gasteiger charge is 2.62. The van der Waals surface area contributed by atoms with Crippen LogP contribution < -0.4 is 0 Å². The molecule has 5 aliphatic rings. The van der Waals surface area contributed by atoms with Crippen LogP contribution in [0.2, 0.25) is 0 Å². The molecule has 60 heavy (non-hydrogen) atoms. The van der Waals surface area contributed by atoms with Crippen molar-refractivity contribution in [1.29, 1.82) is 0 Å². The van der Waals surface area contributed by atoms with Gasteiger partial charge in [0, 0.05) is 22.1 Å². The Kier molecular flexibility index (Phi) is 8.07. The van der Waals surface area contributed by atoms with E-state index in [1.165, 1.54) is 76.6 Å². The van der Waals surface area contributed by atoms with Gasteiger partial charge in [-0.2, -0.15) is 0 Å². The standard InChI is InChI=1S/C56H42N4/c1-57-46-33-49(40-24-26-43(27-25-40)55-59-53(41-14-7-3-8-15-41)58-54(60-55)42-16-9-4-10-17-42)51-48-19-11-18-47(39-22-20-38(21-23-39)37-12-5-2-6-13-37)52(48)56(50(51)34-46)44-29-35-28-36(31-44)32-45(56)30-35/h2-27,33-36,44-45H,28-32H2. The summed E-state index contributed by atoms with van der Waals surface area (Å²) in [6.07, 6.45) is 6.51. The molecule has 1 aromatic heterocycles. The first-order valence-electron chi connectivity index (χ1n) is 21.5. The molecule has 0 radical (unpaired) electrons. The van der Waals surface area contributed by atoms with Gasteiger partial charge in [0.05, 0.1) is 6.57 Å². The molecule has 1 heterocycles. The Hall–Kier alpha value is -6.96. The van der Waals surface area contributed by atoms with Crippen LogP contribution >= 0.6 is 0 Å². The number of aromatic nitrogens is 3. The number of nitrogens with zero attached hydrogens (tertiary/aromatic N) is 4. The highest BCUT2D eigenvalue weighted by Crippen LogP contribution is 2.71. The van der Waals surface area contributed by atoms with Gasteiger partial charge >= 0.3 is 0 Å².